The van der Waals surface area contributed by atoms with Crippen LogP contribution in [0.3, 0.4) is 0 Å². The summed E-state index contributed by atoms with van der Waals surface area (Å²) in [4.78, 5) is 15.4. The molecular weight excluding hydrogens is 448 g/mol. The Hall–Kier alpha value is -3.23. The number of piperidine rings is 1. The van der Waals surface area contributed by atoms with E-state index in [-0.39, 0.29) is 23.1 Å². The minimum absolute atomic E-state index is 0.0773. The number of carbonyl (C=O) groups excluding carboxylic acids is 1. The van der Waals surface area contributed by atoms with Gasteiger partial charge in [0.15, 0.2) is 0 Å². The number of hydrogen-bond donors (Lipinski definition) is 3. The summed E-state index contributed by atoms with van der Waals surface area (Å²) in [6, 6.07) is 18.5. The molecule has 0 aliphatic carbocycles. The van der Waals surface area contributed by atoms with Gasteiger partial charge in [0.25, 0.3) is 0 Å². The highest BCUT2D eigenvalue weighted by atomic mass is 32.2. The lowest BCUT2D eigenvalue weighted by atomic mass is 9.97. The minimum Gasteiger partial charge on any atom is -0.384 e. The Labute approximate surface area is 200 Å². The van der Waals surface area contributed by atoms with Crippen LogP contribution in [0.25, 0.3) is 10.8 Å². The van der Waals surface area contributed by atoms with Crippen molar-refractivity contribution in [1.82, 2.24) is 9.62 Å². The van der Waals surface area contributed by atoms with Gasteiger partial charge < -0.3 is 10.6 Å². The van der Waals surface area contributed by atoms with Crippen LogP contribution in [-0.4, -0.2) is 44.2 Å². The quantitative estimate of drug-likeness (QED) is 0.357. The van der Waals surface area contributed by atoms with Crippen molar-refractivity contribution in [2.45, 2.75) is 37.1 Å². The van der Waals surface area contributed by atoms with Crippen LogP contribution in [0.1, 0.15) is 30.9 Å². The van der Waals surface area contributed by atoms with Gasteiger partial charge in [0, 0.05) is 18.7 Å². The third kappa shape index (κ3) is 5.46. The molecule has 1 heterocycles. The molecule has 7 nitrogen and oxygen atoms in total. The first-order chi connectivity index (χ1) is 16.2. The molecule has 1 fully saturated rings. The molecular formula is C26H30N4O3S. The molecule has 1 saturated heterocycles. The van der Waals surface area contributed by atoms with Crippen LogP contribution in [0.5, 0.6) is 0 Å². The largest absolute Gasteiger partial charge is 0.384 e. The Morgan fingerprint density at radius 1 is 1.06 bits per heavy atom. The normalized spacial score (nSPS) is 15.9. The van der Waals surface area contributed by atoms with Crippen LogP contribution >= 0.6 is 0 Å². The number of nitrogens with one attached hydrogen (secondary N) is 2. The number of fused-ring (bicyclic) bond motifs is 1. The first-order valence-electron chi connectivity index (χ1n) is 11.5. The van der Waals surface area contributed by atoms with E-state index in [1.54, 1.807) is 41.3 Å². The van der Waals surface area contributed by atoms with Gasteiger partial charge in [-0.2, -0.15) is 4.72 Å². The molecule has 1 atom stereocenters. The monoisotopic (exact) mass is 478 g/mol. The van der Waals surface area contributed by atoms with E-state index >= 15 is 0 Å². The molecule has 0 radical (unpaired) electrons. The summed E-state index contributed by atoms with van der Waals surface area (Å²) in [5, 5.41) is 9.45. The van der Waals surface area contributed by atoms with E-state index in [0.29, 0.717) is 24.6 Å². The molecule has 3 aromatic carbocycles. The van der Waals surface area contributed by atoms with E-state index < -0.39 is 16.1 Å². The van der Waals surface area contributed by atoms with Gasteiger partial charge in [-0.05, 0) is 59.7 Å². The second-order valence-electron chi connectivity index (χ2n) is 9.01. The number of carbonyl (C=O) groups is 1. The number of amidine groups is 1. The van der Waals surface area contributed by atoms with Gasteiger partial charge in [-0.3, -0.25) is 10.2 Å². The molecule has 1 amide bonds. The number of amides is 1. The predicted molar refractivity (Wildman–Crippen MR) is 134 cm³/mol. The summed E-state index contributed by atoms with van der Waals surface area (Å²) >= 11 is 0. The average molecular weight is 479 g/mol. The second kappa shape index (κ2) is 9.95. The summed E-state index contributed by atoms with van der Waals surface area (Å²) in [6.07, 6.45) is 1.96. The zero-order valence-corrected chi connectivity index (χ0v) is 20.0. The van der Waals surface area contributed by atoms with Crippen molar-refractivity contribution < 1.29 is 13.2 Å². The molecule has 0 spiro atoms. The predicted octanol–water partition coefficient (Wildman–Crippen LogP) is 3.27. The topological polar surface area (TPSA) is 116 Å². The van der Waals surface area contributed by atoms with Crippen molar-refractivity contribution in [3.05, 3.63) is 77.9 Å². The Kier molecular flexibility index (Phi) is 7.00. The number of sulfonamides is 1. The fourth-order valence-electron chi connectivity index (χ4n) is 4.32. The van der Waals surface area contributed by atoms with Gasteiger partial charge in [0.05, 0.1) is 4.90 Å². The Bertz CT molecular complexity index is 1310. The SMILES string of the molecule is CC1CCN(C(=O)[C@@H](Cc2cccc(C(=N)N)c2)NS(=O)(=O)c2ccc3ccccc3c2)CC1. The number of nitrogen functional groups attached to an aromatic ring is 1. The van der Waals surface area contributed by atoms with Gasteiger partial charge in [-0.1, -0.05) is 55.5 Å². The first kappa shape index (κ1) is 23.9. The maximum atomic E-state index is 13.5. The van der Waals surface area contributed by atoms with E-state index in [2.05, 4.69) is 11.6 Å². The number of nitrogens with two attached hydrogens (primary N) is 1. The number of likely N-dealkylation sites (tertiary alicyclic amines) is 1. The van der Waals surface area contributed by atoms with Crippen molar-refractivity contribution >= 4 is 32.5 Å². The number of hydrogen-bond acceptors (Lipinski definition) is 4. The van der Waals surface area contributed by atoms with Gasteiger partial charge in [-0.25, -0.2) is 8.42 Å². The summed E-state index contributed by atoms with van der Waals surface area (Å²) < 4.78 is 29.4. The standard InChI is InChI=1S/C26H30N4O3S/c1-18-11-13-30(14-12-18)26(31)24(16-19-5-4-8-22(15-19)25(27)28)29-34(32,33)23-10-9-20-6-2-3-7-21(20)17-23/h2-10,15,17-18,24,29H,11-14,16H2,1H3,(H3,27,28)/t24-/m1/s1. The molecule has 0 saturated carbocycles. The van der Waals surface area contributed by atoms with E-state index in [1.165, 1.54) is 0 Å². The fourth-order valence-corrected chi connectivity index (χ4v) is 5.54. The number of nitrogens with zero attached hydrogens (tertiary/aromatic N) is 1. The molecule has 1 aliphatic rings. The van der Waals surface area contributed by atoms with Crippen molar-refractivity contribution in [2.75, 3.05) is 13.1 Å². The van der Waals surface area contributed by atoms with Crippen LogP contribution < -0.4 is 10.5 Å². The fraction of sp³-hybridized carbons (Fsp3) is 0.308. The summed E-state index contributed by atoms with van der Waals surface area (Å²) in [5.41, 5.74) is 6.89. The molecule has 1 aliphatic heterocycles. The first-order valence-corrected chi connectivity index (χ1v) is 12.9. The van der Waals surface area contributed by atoms with Crippen molar-refractivity contribution in [1.29, 1.82) is 5.41 Å². The third-order valence-electron chi connectivity index (χ3n) is 6.40. The maximum Gasteiger partial charge on any atom is 0.241 e. The number of rotatable bonds is 7. The molecule has 8 heteroatoms. The Balaban J connectivity index is 1.64. The summed E-state index contributed by atoms with van der Waals surface area (Å²) in [6.45, 7) is 3.39. The highest BCUT2D eigenvalue weighted by Gasteiger charge is 2.31. The van der Waals surface area contributed by atoms with Crippen LogP contribution in [0, 0.1) is 11.3 Å². The summed E-state index contributed by atoms with van der Waals surface area (Å²) in [7, 11) is -3.96. The van der Waals surface area contributed by atoms with Gasteiger partial charge >= 0.3 is 0 Å². The highest BCUT2D eigenvalue weighted by Crippen LogP contribution is 2.21. The average Bonchev–Trinajstić information content (AvgIpc) is 2.83. The van der Waals surface area contributed by atoms with Crippen molar-refractivity contribution in [3.8, 4) is 0 Å². The summed E-state index contributed by atoms with van der Waals surface area (Å²) in [5.74, 6) is 0.236. The lowest BCUT2D eigenvalue weighted by Crippen LogP contribution is -2.51. The molecule has 4 rings (SSSR count). The van der Waals surface area contributed by atoms with Crippen molar-refractivity contribution in [2.24, 2.45) is 11.7 Å². The smallest absolute Gasteiger partial charge is 0.241 e. The van der Waals surface area contributed by atoms with E-state index in [4.69, 9.17) is 11.1 Å². The van der Waals surface area contributed by atoms with E-state index in [0.717, 1.165) is 29.2 Å². The molecule has 0 bridgehead atoms. The molecule has 3 aromatic rings. The zero-order valence-electron chi connectivity index (χ0n) is 19.2. The van der Waals surface area contributed by atoms with Gasteiger partial charge in [0.2, 0.25) is 15.9 Å². The molecule has 34 heavy (non-hydrogen) atoms. The van der Waals surface area contributed by atoms with Crippen LogP contribution in [0.2, 0.25) is 0 Å². The number of benzene rings is 3. The second-order valence-corrected chi connectivity index (χ2v) is 10.7. The minimum atomic E-state index is -3.96. The Morgan fingerprint density at radius 3 is 2.47 bits per heavy atom. The molecule has 0 unspecified atom stereocenters. The highest BCUT2D eigenvalue weighted by molar-refractivity contribution is 7.89. The van der Waals surface area contributed by atoms with Crippen molar-refractivity contribution in [3.63, 3.8) is 0 Å². The molecule has 4 N–H and O–H groups in total. The Morgan fingerprint density at radius 2 is 1.76 bits per heavy atom. The molecule has 0 aromatic heterocycles. The lowest BCUT2D eigenvalue weighted by molar-refractivity contribution is -0.134. The van der Waals surface area contributed by atoms with Crippen LogP contribution in [-0.2, 0) is 21.2 Å². The van der Waals surface area contributed by atoms with E-state index in [1.807, 2.05) is 30.3 Å². The van der Waals surface area contributed by atoms with E-state index in [9.17, 15) is 13.2 Å². The van der Waals surface area contributed by atoms with Gasteiger partial charge in [0.1, 0.15) is 11.9 Å². The lowest BCUT2D eigenvalue weighted by Gasteiger charge is -2.33. The molecule has 178 valence electrons. The third-order valence-corrected chi connectivity index (χ3v) is 7.87. The maximum absolute atomic E-state index is 13.5. The van der Waals surface area contributed by atoms with Gasteiger partial charge in [-0.15, -0.1) is 0 Å². The van der Waals surface area contributed by atoms with Crippen LogP contribution in [0.4, 0.5) is 0 Å². The zero-order chi connectivity index (χ0) is 24.3. The van der Waals surface area contributed by atoms with Crippen LogP contribution in [0.15, 0.2) is 71.6 Å².